The molecule has 0 aromatic heterocycles. The molecule has 6 nitrogen and oxygen atoms in total. The number of esters is 3. The van der Waals surface area contributed by atoms with Gasteiger partial charge in [-0.15, -0.1) is 0 Å². The number of ether oxygens (including phenoxy) is 3. The molecule has 4 rings (SSSR count). The molecule has 0 radical (unpaired) electrons. The molecule has 0 bridgehead atoms. The normalized spacial score (nSPS) is 43.4. The van der Waals surface area contributed by atoms with E-state index in [0.717, 1.165) is 51.4 Å². The van der Waals surface area contributed by atoms with Crippen LogP contribution in [-0.4, -0.2) is 39.2 Å². The summed E-state index contributed by atoms with van der Waals surface area (Å²) in [5.41, 5.74) is -0.446. The smallest absolute Gasteiger partial charge is 0.312 e. The summed E-state index contributed by atoms with van der Waals surface area (Å²) in [5.74, 6) is 0.688. The third-order valence-corrected chi connectivity index (χ3v) is 13.3. The summed E-state index contributed by atoms with van der Waals surface area (Å²) in [7, 11) is 4.45. The second-order valence-corrected chi connectivity index (χ2v) is 14.8. The zero-order valence-corrected chi connectivity index (χ0v) is 25.9. The van der Waals surface area contributed by atoms with Crippen molar-refractivity contribution in [3.8, 4) is 0 Å². The van der Waals surface area contributed by atoms with Crippen LogP contribution in [0.25, 0.3) is 0 Å². The lowest BCUT2D eigenvalue weighted by Gasteiger charge is -2.71. The van der Waals surface area contributed by atoms with Gasteiger partial charge in [-0.2, -0.15) is 0 Å². The van der Waals surface area contributed by atoms with Crippen molar-refractivity contribution >= 4 is 17.9 Å². The van der Waals surface area contributed by atoms with E-state index in [4.69, 9.17) is 14.2 Å². The Hall–Kier alpha value is -1.85. The van der Waals surface area contributed by atoms with Crippen LogP contribution in [0.1, 0.15) is 99.3 Å². The Kier molecular flexibility index (Phi) is 7.65. The van der Waals surface area contributed by atoms with Crippen LogP contribution in [0.5, 0.6) is 0 Å². The number of rotatable bonds is 6. The van der Waals surface area contributed by atoms with Crippen LogP contribution in [0.4, 0.5) is 0 Å². The van der Waals surface area contributed by atoms with Gasteiger partial charge in [0.25, 0.3) is 0 Å². The number of carbonyl (C=O) groups is 3. The Morgan fingerprint density at radius 3 is 2.08 bits per heavy atom. The zero-order valence-electron chi connectivity index (χ0n) is 25.9. The Balaban J connectivity index is 1.82. The van der Waals surface area contributed by atoms with E-state index < -0.39 is 16.2 Å². The van der Waals surface area contributed by atoms with E-state index >= 15 is 0 Å². The quantitative estimate of drug-likeness (QED) is 0.209. The highest BCUT2D eigenvalue weighted by molar-refractivity contribution is 5.78. The summed E-state index contributed by atoms with van der Waals surface area (Å²) in [6.07, 6.45) is 7.79. The van der Waals surface area contributed by atoms with Gasteiger partial charge in [0.15, 0.2) is 0 Å². The summed E-state index contributed by atoms with van der Waals surface area (Å²) >= 11 is 0. The maximum absolute atomic E-state index is 13.4. The standard InChI is InChI=1S/C33H52O6/c1-20(2)21-13-16-33(28(36)39-10)18-17-31(6)22(26(21)33)11-12-24-30(5,19-25(34)37-8)23(14-15-32(24,31)7)29(3,4)27(35)38-9/h21-24,26H,1,11-19H2,2-10H3/t21-,22+,23-,24+,26+,30-,31+,32+,33-/m0/s1. The van der Waals surface area contributed by atoms with Gasteiger partial charge >= 0.3 is 17.9 Å². The minimum atomic E-state index is -0.723. The number of methoxy groups -OCH3 is 3. The molecule has 0 amide bonds. The molecule has 4 aliphatic carbocycles. The lowest BCUT2D eigenvalue weighted by Crippen LogP contribution is -2.66. The Labute approximate surface area is 236 Å². The van der Waals surface area contributed by atoms with Crippen LogP contribution in [-0.2, 0) is 28.6 Å². The maximum atomic E-state index is 13.4. The Morgan fingerprint density at radius 2 is 1.51 bits per heavy atom. The Bertz CT molecular complexity index is 1030. The highest BCUT2D eigenvalue weighted by Crippen LogP contribution is 2.76. The summed E-state index contributed by atoms with van der Waals surface area (Å²) in [6, 6.07) is 0. The van der Waals surface area contributed by atoms with Crippen LogP contribution in [0.2, 0.25) is 0 Å². The van der Waals surface area contributed by atoms with E-state index in [1.54, 1.807) is 0 Å². The van der Waals surface area contributed by atoms with Gasteiger partial charge < -0.3 is 14.2 Å². The van der Waals surface area contributed by atoms with Gasteiger partial charge in [-0.05, 0) is 118 Å². The average molecular weight is 545 g/mol. The zero-order chi connectivity index (χ0) is 29.2. The van der Waals surface area contributed by atoms with Gasteiger partial charge in [-0.1, -0.05) is 32.9 Å². The summed E-state index contributed by atoms with van der Waals surface area (Å²) in [4.78, 5) is 39.5. The first-order chi connectivity index (χ1) is 18.1. The second-order valence-electron chi connectivity index (χ2n) is 14.8. The van der Waals surface area contributed by atoms with Crippen molar-refractivity contribution in [2.75, 3.05) is 21.3 Å². The second kappa shape index (κ2) is 9.91. The predicted octanol–water partition coefficient (Wildman–Crippen LogP) is 6.76. The molecule has 4 aliphatic rings. The number of allylic oxidation sites excluding steroid dienone is 1. The van der Waals surface area contributed by atoms with E-state index in [-0.39, 0.29) is 46.5 Å². The lowest BCUT2D eigenvalue weighted by molar-refractivity contribution is -0.234. The predicted molar refractivity (Wildman–Crippen MR) is 150 cm³/mol. The molecule has 0 heterocycles. The average Bonchev–Trinajstić information content (AvgIpc) is 3.29. The number of fused-ring (bicyclic) bond motifs is 5. The van der Waals surface area contributed by atoms with Gasteiger partial charge in [0.1, 0.15) is 0 Å². The molecule has 0 spiro atoms. The van der Waals surface area contributed by atoms with Crippen LogP contribution in [0.15, 0.2) is 12.2 Å². The fourth-order valence-electron chi connectivity index (χ4n) is 11.3. The molecule has 4 saturated carbocycles. The van der Waals surface area contributed by atoms with E-state index in [1.807, 2.05) is 13.8 Å². The van der Waals surface area contributed by atoms with Gasteiger partial charge in [0.05, 0.1) is 38.6 Å². The van der Waals surface area contributed by atoms with Crippen LogP contribution in [0.3, 0.4) is 0 Å². The highest BCUT2D eigenvalue weighted by Gasteiger charge is 2.72. The molecule has 220 valence electrons. The number of carbonyl (C=O) groups excluding carboxylic acids is 3. The van der Waals surface area contributed by atoms with Crippen molar-refractivity contribution in [3.05, 3.63) is 12.2 Å². The van der Waals surface area contributed by atoms with Crippen molar-refractivity contribution in [3.63, 3.8) is 0 Å². The van der Waals surface area contributed by atoms with Gasteiger partial charge in [0, 0.05) is 0 Å². The molecule has 6 heteroatoms. The summed E-state index contributed by atoms with van der Waals surface area (Å²) < 4.78 is 16.0. The molecule has 0 aliphatic heterocycles. The van der Waals surface area contributed by atoms with Gasteiger partial charge in [-0.3, -0.25) is 14.4 Å². The largest absolute Gasteiger partial charge is 0.469 e. The minimum absolute atomic E-state index is 0.00605. The number of hydrogen-bond acceptors (Lipinski definition) is 6. The first-order valence-electron chi connectivity index (χ1n) is 15.0. The van der Waals surface area contributed by atoms with Crippen molar-refractivity contribution in [2.24, 2.45) is 56.7 Å². The molecule has 0 N–H and O–H groups in total. The maximum Gasteiger partial charge on any atom is 0.312 e. The minimum Gasteiger partial charge on any atom is -0.469 e. The third kappa shape index (κ3) is 4.04. The van der Waals surface area contributed by atoms with Crippen molar-refractivity contribution in [1.29, 1.82) is 0 Å². The lowest BCUT2D eigenvalue weighted by atomic mass is 9.33. The molecule has 4 fully saturated rings. The first kappa shape index (κ1) is 30.1. The molecule has 0 aromatic rings. The fourth-order valence-corrected chi connectivity index (χ4v) is 11.3. The van der Waals surface area contributed by atoms with Gasteiger partial charge in [0.2, 0.25) is 0 Å². The van der Waals surface area contributed by atoms with Crippen molar-refractivity contribution in [2.45, 2.75) is 99.3 Å². The molecule has 0 saturated heterocycles. The highest BCUT2D eigenvalue weighted by atomic mass is 16.5. The van der Waals surface area contributed by atoms with Crippen LogP contribution >= 0.6 is 0 Å². The molecular formula is C33H52O6. The van der Waals surface area contributed by atoms with E-state index in [0.29, 0.717) is 18.3 Å². The molecular weight excluding hydrogens is 492 g/mol. The van der Waals surface area contributed by atoms with Crippen LogP contribution in [0, 0.1) is 56.7 Å². The molecule has 9 atom stereocenters. The first-order valence-corrected chi connectivity index (χ1v) is 15.0. The van der Waals surface area contributed by atoms with Gasteiger partial charge in [-0.25, -0.2) is 0 Å². The monoisotopic (exact) mass is 544 g/mol. The van der Waals surface area contributed by atoms with E-state index in [1.165, 1.54) is 26.9 Å². The van der Waals surface area contributed by atoms with E-state index in [2.05, 4.69) is 34.3 Å². The number of hydrogen-bond donors (Lipinski definition) is 0. The summed E-state index contributed by atoms with van der Waals surface area (Å²) in [6.45, 7) is 17.6. The van der Waals surface area contributed by atoms with Crippen molar-refractivity contribution in [1.82, 2.24) is 0 Å². The molecule has 0 unspecified atom stereocenters. The molecule has 39 heavy (non-hydrogen) atoms. The van der Waals surface area contributed by atoms with E-state index in [9.17, 15) is 14.4 Å². The summed E-state index contributed by atoms with van der Waals surface area (Å²) in [5, 5.41) is 0. The SMILES string of the molecule is C=C(C)[C@@H]1CC[C@]2(C(=O)OC)CC[C@]3(C)[C@H](CC[C@@H]4[C@@](C)(CC(=O)OC)[C@H](C(C)(C)C(=O)OC)CC[C@]43C)[C@@H]12. The van der Waals surface area contributed by atoms with Crippen LogP contribution < -0.4 is 0 Å². The molecule has 0 aromatic carbocycles. The fraction of sp³-hybridized carbons (Fsp3) is 0.848. The Morgan fingerprint density at radius 1 is 0.846 bits per heavy atom. The topological polar surface area (TPSA) is 78.9 Å². The third-order valence-electron chi connectivity index (χ3n) is 13.3. The van der Waals surface area contributed by atoms with Crippen molar-refractivity contribution < 1.29 is 28.6 Å².